The lowest BCUT2D eigenvalue weighted by Crippen LogP contribution is -2.32. The third kappa shape index (κ3) is 4.86. The second-order valence-electron chi connectivity index (χ2n) is 4.83. The molecule has 4 heteroatoms. The molecule has 0 fully saturated rings. The zero-order valence-corrected chi connectivity index (χ0v) is 12.5. The molecule has 0 spiro atoms. The molecule has 1 aromatic carbocycles. The normalized spacial score (nSPS) is 10.6. The predicted molar refractivity (Wildman–Crippen MR) is 81.6 cm³/mol. The fourth-order valence-corrected chi connectivity index (χ4v) is 1.98. The molecule has 0 amide bonds. The summed E-state index contributed by atoms with van der Waals surface area (Å²) >= 11 is 0. The van der Waals surface area contributed by atoms with Crippen LogP contribution in [0.2, 0.25) is 0 Å². The van der Waals surface area contributed by atoms with Crippen molar-refractivity contribution < 1.29 is 9.84 Å². The number of nitrogens with zero attached hydrogens (tertiary/aromatic N) is 1. The van der Waals surface area contributed by atoms with Crippen LogP contribution in [0.1, 0.15) is 25.0 Å². The molecule has 0 unspecified atom stereocenters. The maximum absolute atomic E-state index is 9.12. The average Bonchev–Trinajstić information content (AvgIpc) is 2.44. The van der Waals surface area contributed by atoms with Gasteiger partial charge in [0.15, 0.2) is 0 Å². The second-order valence-corrected chi connectivity index (χ2v) is 4.83. The molecule has 20 heavy (non-hydrogen) atoms. The van der Waals surface area contributed by atoms with E-state index in [1.54, 1.807) is 7.11 Å². The fourth-order valence-electron chi connectivity index (χ4n) is 1.98. The first-order valence-corrected chi connectivity index (χ1v) is 6.83. The summed E-state index contributed by atoms with van der Waals surface area (Å²) in [5.74, 6) is 6.64. The van der Waals surface area contributed by atoms with E-state index in [-0.39, 0.29) is 6.61 Å². The van der Waals surface area contributed by atoms with Crippen LogP contribution >= 0.6 is 0 Å². The summed E-state index contributed by atoms with van der Waals surface area (Å²) < 4.78 is 5.30. The van der Waals surface area contributed by atoms with Gasteiger partial charge in [-0.25, -0.2) is 0 Å². The summed E-state index contributed by atoms with van der Waals surface area (Å²) in [6, 6.07) is 6.35. The largest absolute Gasteiger partial charge is 0.495 e. The fraction of sp³-hybridized carbons (Fsp3) is 0.500. The molecule has 0 radical (unpaired) electrons. The summed E-state index contributed by atoms with van der Waals surface area (Å²) in [5.41, 5.74) is 7.41. The Balaban J connectivity index is 2.95. The predicted octanol–water partition coefficient (Wildman–Crippen LogP) is 1.21. The van der Waals surface area contributed by atoms with Crippen molar-refractivity contribution in [2.75, 3.05) is 26.8 Å². The molecule has 3 N–H and O–H groups in total. The van der Waals surface area contributed by atoms with Gasteiger partial charge in [-0.2, -0.15) is 0 Å². The minimum atomic E-state index is 0.161. The van der Waals surface area contributed by atoms with Gasteiger partial charge in [0.05, 0.1) is 25.8 Å². The van der Waals surface area contributed by atoms with Gasteiger partial charge in [0, 0.05) is 19.1 Å². The third-order valence-corrected chi connectivity index (χ3v) is 3.09. The highest BCUT2D eigenvalue weighted by Crippen LogP contribution is 2.20. The Morgan fingerprint density at radius 3 is 2.70 bits per heavy atom. The van der Waals surface area contributed by atoms with Gasteiger partial charge in [0.25, 0.3) is 0 Å². The van der Waals surface area contributed by atoms with Crippen molar-refractivity contribution >= 4 is 0 Å². The first kappa shape index (κ1) is 16.5. The lowest BCUT2D eigenvalue weighted by atomic mass is 10.1. The monoisotopic (exact) mass is 276 g/mol. The van der Waals surface area contributed by atoms with Crippen LogP contribution in [0.5, 0.6) is 5.75 Å². The lowest BCUT2D eigenvalue weighted by Gasteiger charge is -2.25. The van der Waals surface area contributed by atoms with Crippen molar-refractivity contribution in [3.8, 4) is 17.6 Å². The zero-order chi connectivity index (χ0) is 15.0. The van der Waals surface area contributed by atoms with Crippen molar-refractivity contribution in [1.82, 2.24) is 4.90 Å². The first-order valence-electron chi connectivity index (χ1n) is 6.83. The quantitative estimate of drug-likeness (QED) is 0.767. The van der Waals surface area contributed by atoms with E-state index in [0.717, 1.165) is 23.4 Å². The number of methoxy groups -OCH3 is 1. The van der Waals surface area contributed by atoms with E-state index in [1.165, 1.54) is 0 Å². The summed E-state index contributed by atoms with van der Waals surface area (Å²) in [7, 11) is 1.63. The summed E-state index contributed by atoms with van der Waals surface area (Å²) in [6.07, 6.45) is 0. The van der Waals surface area contributed by atoms with Crippen LogP contribution in [0.3, 0.4) is 0 Å². The number of benzene rings is 1. The molecule has 0 aliphatic heterocycles. The minimum Gasteiger partial charge on any atom is -0.495 e. The summed E-state index contributed by atoms with van der Waals surface area (Å²) in [6.45, 7) is 6.17. The van der Waals surface area contributed by atoms with E-state index in [1.807, 2.05) is 18.2 Å². The third-order valence-electron chi connectivity index (χ3n) is 3.09. The SMILES string of the molecule is COc1ccc(CN(CCO)C(C)C)cc1C#CCN. The Hall–Kier alpha value is -1.54. The van der Waals surface area contributed by atoms with Crippen LogP contribution in [0.4, 0.5) is 0 Å². The molecular weight excluding hydrogens is 252 g/mol. The molecule has 1 aromatic rings. The average molecular weight is 276 g/mol. The molecule has 0 heterocycles. The molecule has 0 aliphatic rings. The minimum absolute atomic E-state index is 0.161. The number of aliphatic hydroxyl groups is 1. The van der Waals surface area contributed by atoms with Crippen LogP contribution in [0.25, 0.3) is 0 Å². The summed E-state index contributed by atoms with van der Waals surface area (Å²) in [5, 5.41) is 9.12. The van der Waals surface area contributed by atoms with Gasteiger partial charge >= 0.3 is 0 Å². The van der Waals surface area contributed by atoms with E-state index in [2.05, 4.69) is 30.6 Å². The number of rotatable bonds is 6. The maximum atomic E-state index is 9.12. The van der Waals surface area contributed by atoms with Crippen LogP contribution in [-0.4, -0.2) is 42.9 Å². The lowest BCUT2D eigenvalue weighted by molar-refractivity contribution is 0.159. The van der Waals surface area contributed by atoms with Gasteiger partial charge in [-0.3, -0.25) is 4.90 Å². The van der Waals surface area contributed by atoms with Crippen molar-refractivity contribution in [2.45, 2.75) is 26.4 Å². The van der Waals surface area contributed by atoms with Crippen molar-refractivity contribution in [3.05, 3.63) is 29.3 Å². The topological polar surface area (TPSA) is 58.7 Å². The van der Waals surface area contributed by atoms with E-state index in [9.17, 15) is 0 Å². The molecule has 4 nitrogen and oxygen atoms in total. The number of hydrogen-bond donors (Lipinski definition) is 2. The highest BCUT2D eigenvalue weighted by molar-refractivity contribution is 5.48. The van der Waals surface area contributed by atoms with E-state index < -0.39 is 0 Å². The highest BCUT2D eigenvalue weighted by Gasteiger charge is 2.10. The molecule has 0 saturated carbocycles. The molecule has 0 bridgehead atoms. The molecule has 0 aliphatic carbocycles. The van der Waals surface area contributed by atoms with Crippen molar-refractivity contribution in [2.24, 2.45) is 5.73 Å². The molecular formula is C16H24N2O2. The van der Waals surface area contributed by atoms with Crippen molar-refractivity contribution in [3.63, 3.8) is 0 Å². The van der Waals surface area contributed by atoms with Gasteiger partial charge in [-0.15, -0.1) is 0 Å². The smallest absolute Gasteiger partial charge is 0.134 e. The summed E-state index contributed by atoms with van der Waals surface area (Å²) in [4.78, 5) is 2.21. The Morgan fingerprint density at radius 1 is 1.40 bits per heavy atom. The Kier molecular flexibility index (Phi) is 7.10. The molecule has 0 atom stereocenters. The number of ether oxygens (including phenoxy) is 1. The second kappa shape index (κ2) is 8.60. The van der Waals surface area contributed by atoms with Gasteiger partial charge in [0.2, 0.25) is 0 Å². The van der Waals surface area contributed by atoms with E-state index in [4.69, 9.17) is 15.6 Å². The zero-order valence-electron chi connectivity index (χ0n) is 12.5. The van der Waals surface area contributed by atoms with Crippen LogP contribution in [0.15, 0.2) is 18.2 Å². The first-order chi connectivity index (χ1) is 9.62. The number of nitrogens with two attached hydrogens (primary N) is 1. The van der Waals surface area contributed by atoms with Gasteiger partial charge in [-0.05, 0) is 31.5 Å². The van der Waals surface area contributed by atoms with Gasteiger partial charge in [-0.1, -0.05) is 17.9 Å². The standard InChI is InChI=1S/C16H24N2O2/c1-13(2)18(9-10-19)12-14-6-7-16(20-3)15(11-14)5-4-8-17/h6-7,11,13,19H,8-10,12,17H2,1-3H3. The van der Waals surface area contributed by atoms with Crippen molar-refractivity contribution in [1.29, 1.82) is 0 Å². The van der Waals surface area contributed by atoms with Crippen LogP contribution < -0.4 is 10.5 Å². The molecule has 0 aromatic heterocycles. The number of aliphatic hydroxyl groups excluding tert-OH is 1. The Bertz CT molecular complexity index is 475. The molecule has 110 valence electrons. The number of hydrogen-bond acceptors (Lipinski definition) is 4. The Morgan fingerprint density at radius 2 is 2.15 bits per heavy atom. The molecule has 1 rings (SSSR count). The highest BCUT2D eigenvalue weighted by atomic mass is 16.5. The van der Waals surface area contributed by atoms with Gasteiger partial charge < -0.3 is 15.6 Å². The van der Waals surface area contributed by atoms with E-state index in [0.29, 0.717) is 19.1 Å². The Labute approximate surface area is 121 Å². The van der Waals surface area contributed by atoms with Crippen LogP contribution in [0, 0.1) is 11.8 Å². The van der Waals surface area contributed by atoms with E-state index >= 15 is 0 Å². The van der Waals surface area contributed by atoms with Crippen LogP contribution in [-0.2, 0) is 6.54 Å². The molecule has 0 saturated heterocycles. The maximum Gasteiger partial charge on any atom is 0.134 e. The van der Waals surface area contributed by atoms with Gasteiger partial charge in [0.1, 0.15) is 5.75 Å².